The summed E-state index contributed by atoms with van der Waals surface area (Å²) in [6.07, 6.45) is 0. The van der Waals surface area contributed by atoms with Gasteiger partial charge in [0, 0.05) is 24.0 Å². The first kappa shape index (κ1) is 18.8. The van der Waals surface area contributed by atoms with Crippen LogP contribution in [0.2, 0.25) is 0 Å². The van der Waals surface area contributed by atoms with Crippen molar-refractivity contribution < 1.29 is 13.9 Å². The van der Waals surface area contributed by atoms with Gasteiger partial charge in [0.15, 0.2) is 5.82 Å². The summed E-state index contributed by atoms with van der Waals surface area (Å²) in [7, 11) is 0. The summed E-state index contributed by atoms with van der Waals surface area (Å²) in [5.41, 5.74) is 2.70. The fraction of sp³-hybridized carbons (Fsp3) is 0.286. The molecule has 0 atom stereocenters. The van der Waals surface area contributed by atoms with Crippen molar-refractivity contribution in [3.8, 4) is 11.4 Å². The average molecular weight is 397 g/mol. The van der Waals surface area contributed by atoms with E-state index in [1.54, 1.807) is 11.0 Å². The summed E-state index contributed by atoms with van der Waals surface area (Å²) < 4.78 is 19.1. The van der Waals surface area contributed by atoms with Gasteiger partial charge < -0.3 is 9.64 Å². The van der Waals surface area contributed by atoms with Gasteiger partial charge in [-0.2, -0.15) is 0 Å². The van der Waals surface area contributed by atoms with Crippen molar-refractivity contribution >= 4 is 28.6 Å². The molecule has 0 aliphatic carbocycles. The summed E-state index contributed by atoms with van der Waals surface area (Å²) in [4.78, 5) is 23.5. The number of nitrogens with zero attached hydrogens (tertiary/aromatic N) is 3. The predicted molar refractivity (Wildman–Crippen MR) is 108 cm³/mol. The second-order valence-corrected chi connectivity index (χ2v) is 7.63. The Bertz CT molecular complexity index is 1000. The molecule has 0 N–H and O–H groups in total. The van der Waals surface area contributed by atoms with E-state index in [1.165, 1.54) is 23.9 Å². The number of aryl methyl sites for hydroxylation is 1. The molecule has 0 bridgehead atoms. The number of halogens is 1. The van der Waals surface area contributed by atoms with Gasteiger partial charge in [0.2, 0.25) is 5.91 Å². The summed E-state index contributed by atoms with van der Waals surface area (Å²) >= 11 is 1.32. The molecular formula is C21H20FN3O2S. The minimum Gasteiger partial charge on any atom is -0.378 e. The van der Waals surface area contributed by atoms with Gasteiger partial charge in [-0.1, -0.05) is 41.6 Å². The van der Waals surface area contributed by atoms with Crippen LogP contribution in [0, 0.1) is 12.7 Å². The number of aromatic nitrogens is 2. The minimum atomic E-state index is -0.347. The van der Waals surface area contributed by atoms with E-state index in [1.807, 2.05) is 31.2 Å². The average Bonchev–Trinajstić information content (AvgIpc) is 2.73. The summed E-state index contributed by atoms with van der Waals surface area (Å²) in [5.74, 6) is 0.505. The molecule has 1 amide bonds. The second kappa shape index (κ2) is 8.24. The van der Waals surface area contributed by atoms with Crippen molar-refractivity contribution in [2.24, 2.45) is 0 Å². The van der Waals surface area contributed by atoms with E-state index in [0.717, 1.165) is 11.1 Å². The van der Waals surface area contributed by atoms with Crippen LogP contribution in [0.1, 0.15) is 5.56 Å². The van der Waals surface area contributed by atoms with Crippen molar-refractivity contribution in [3.63, 3.8) is 0 Å². The zero-order valence-corrected chi connectivity index (χ0v) is 16.3. The van der Waals surface area contributed by atoms with Crippen LogP contribution in [0.3, 0.4) is 0 Å². The predicted octanol–water partition coefficient (Wildman–Crippen LogP) is 3.70. The number of carbonyl (C=O) groups excluding carboxylic acids is 1. The highest BCUT2D eigenvalue weighted by Crippen LogP contribution is 2.29. The van der Waals surface area contributed by atoms with E-state index in [9.17, 15) is 9.18 Å². The molecule has 1 fully saturated rings. The topological polar surface area (TPSA) is 55.3 Å². The van der Waals surface area contributed by atoms with Crippen LogP contribution in [-0.2, 0) is 9.53 Å². The Kier molecular flexibility index (Phi) is 5.54. The third-order valence-electron chi connectivity index (χ3n) is 4.63. The van der Waals surface area contributed by atoms with E-state index in [0.29, 0.717) is 48.1 Å². The SMILES string of the molecule is Cc1ccc(-c2nc(SCC(=O)N3CCOCC3)c3cc(F)ccc3n2)cc1. The fourth-order valence-electron chi connectivity index (χ4n) is 3.05. The molecule has 0 saturated carbocycles. The first-order chi connectivity index (χ1) is 13.6. The Balaban J connectivity index is 1.65. The molecule has 7 heteroatoms. The molecule has 1 aromatic heterocycles. The molecule has 0 radical (unpaired) electrons. The van der Waals surface area contributed by atoms with Crippen LogP contribution in [0.5, 0.6) is 0 Å². The molecule has 144 valence electrons. The number of ether oxygens (including phenoxy) is 1. The van der Waals surface area contributed by atoms with Crippen molar-refractivity contribution in [1.82, 2.24) is 14.9 Å². The van der Waals surface area contributed by atoms with Crippen molar-refractivity contribution in [1.29, 1.82) is 0 Å². The zero-order valence-electron chi connectivity index (χ0n) is 15.5. The number of amides is 1. The van der Waals surface area contributed by atoms with Gasteiger partial charge in [0.1, 0.15) is 10.8 Å². The molecule has 0 spiro atoms. The van der Waals surface area contributed by atoms with Crippen molar-refractivity contribution in [3.05, 3.63) is 53.8 Å². The Hall–Kier alpha value is -2.51. The number of fused-ring (bicyclic) bond motifs is 1. The molecule has 3 aromatic rings. The Labute approximate surface area is 166 Å². The molecule has 1 aliphatic rings. The normalized spacial score (nSPS) is 14.4. The van der Waals surface area contributed by atoms with E-state index in [4.69, 9.17) is 4.74 Å². The molecule has 2 aromatic carbocycles. The molecule has 4 rings (SSSR count). The lowest BCUT2D eigenvalue weighted by Gasteiger charge is -2.26. The third kappa shape index (κ3) is 4.15. The maximum absolute atomic E-state index is 13.8. The number of hydrogen-bond donors (Lipinski definition) is 0. The number of benzene rings is 2. The highest BCUT2D eigenvalue weighted by molar-refractivity contribution is 8.00. The van der Waals surface area contributed by atoms with E-state index in [2.05, 4.69) is 9.97 Å². The van der Waals surface area contributed by atoms with Crippen LogP contribution in [0.25, 0.3) is 22.3 Å². The first-order valence-electron chi connectivity index (χ1n) is 9.13. The van der Waals surface area contributed by atoms with E-state index < -0.39 is 0 Å². The van der Waals surface area contributed by atoms with Gasteiger partial charge in [-0.05, 0) is 25.1 Å². The number of rotatable bonds is 4. The van der Waals surface area contributed by atoms with Crippen LogP contribution in [0.4, 0.5) is 4.39 Å². The lowest BCUT2D eigenvalue weighted by atomic mass is 10.1. The lowest BCUT2D eigenvalue weighted by Crippen LogP contribution is -2.41. The van der Waals surface area contributed by atoms with Crippen LogP contribution < -0.4 is 0 Å². The Morgan fingerprint density at radius 3 is 2.64 bits per heavy atom. The zero-order chi connectivity index (χ0) is 19.5. The molecule has 28 heavy (non-hydrogen) atoms. The number of carbonyl (C=O) groups is 1. The lowest BCUT2D eigenvalue weighted by molar-refractivity contribution is -0.132. The number of thioether (sulfide) groups is 1. The van der Waals surface area contributed by atoms with Gasteiger partial charge >= 0.3 is 0 Å². The third-order valence-corrected chi connectivity index (χ3v) is 5.60. The van der Waals surface area contributed by atoms with Crippen LogP contribution >= 0.6 is 11.8 Å². The Morgan fingerprint density at radius 1 is 1.14 bits per heavy atom. The molecular weight excluding hydrogens is 377 g/mol. The maximum atomic E-state index is 13.8. The molecule has 5 nitrogen and oxygen atoms in total. The minimum absolute atomic E-state index is 0.0355. The summed E-state index contributed by atoms with van der Waals surface area (Å²) in [6, 6.07) is 12.4. The van der Waals surface area contributed by atoms with Gasteiger partial charge in [-0.25, -0.2) is 14.4 Å². The maximum Gasteiger partial charge on any atom is 0.233 e. The van der Waals surface area contributed by atoms with Crippen molar-refractivity contribution in [2.75, 3.05) is 32.1 Å². The molecule has 0 unspecified atom stereocenters. The largest absolute Gasteiger partial charge is 0.378 e. The van der Waals surface area contributed by atoms with Gasteiger partial charge in [0.05, 0.1) is 24.5 Å². The van der Waals surface area contributed by atoms with E-state index in [-0.39, 0.29) is 17.5 Å². The van der Waals surface area contributed by atoms with Gasteiger partial charge in [-0.15, -0.1) is 0 Å². The molecule has 2 heterocycles. The van der Waals surface area contributed by atoms with Gasteiger partial charge in [0.25, 0.3) is 0 Å². The first-order valence-corrected chi connectivity index (χ1v) is 10.1. The van der Waals surface area contributed by atoms with Crippen LogP contribution in [-0.4, -0.2) is 52.8 Å². The Morgan fingerprint density at radius 2 is 1.89 bits per heavy atom. The number of morpholine rings is 1. The van der Waals surface area contributed by atoms with Crippen molar-refractivity contribution in [2.45, 2.75) is 11.9 Å². The number of hydrogen-bond acceptors (Lipinski definition) is 5. The highest BCUT2D eigenvalue weighted by Gasteiger charge is 2.18. The molecule has 1 aliphatic heterocycles. The summed E-state index contributed by atoms with van der Waals surface area (Å²) in [6.45, 7) is 4.36. The molecule has 1 saturated heterocycles. The fourth-order valence-corrected chi connectivity index (χ4v) is 3.96. The van der Waals surface area contributed by atoms with Gasteiger partial charge in [-0.3, -0.25) is 4.79 Å². The monoisotopic (exact) mass is 397 g/mol. The van der Waals surface area contributed by atoms with E-state index >= 15 is 0 Å². The second-order valence-electron chi connectivity index (χ2n) is 6.66. The van der Waals surface area contributed by atoms with Crippen LogP contribution in [0.15, 0.2) is 47.5 Å². The highest BCUT2D eigenvalue weighted by atomic mass is 32.2. The smallest absolute Gasteiger partial charge is 0.233 e. The standard InChI is InChI=1S/C21H20FN3O2S/c1-14-2-4-15(5-3-14)20-23-18-7-6-16(22)12-17(18)21(24-20)28-13-19(26)25-8-10-27-11-9-25/h2-7,12H,8-11,13H2,1H3. The quantitative estimate of drug-likeness (QED) is 0.496. The summed E-state index contributed by atoms with van der Waals surface area (Å²) in [5, 5.41) is 1.23.